The largest absolute Gasteiger partial charge is 0.379 e. The fourth-order valence-electron chi connectivity index (χ4n) is 4.72. The summed E-state index contributed by atoms with van der Waals surface area (Å²) in [5.74, 6) is 0.975. The van der Waals surface area contributed by atoms with Crippen molar-refractivity contribution in [2.24, 2.45) is 4.99 Å². The summed E-state index contributed by atoms with van der Waals surface area (Å²) in [6.45, 7) is 13.8. The van der Waals surface area contributed by atoms with Gasteiger partial charge >= 0.3 is 0 Å². The van der Waals surface area contributed by atoms with E-state index >= 15 is 0 Å². The molecule has 0 aromatic carbocycles. The SMILES string of the molecule is CCNC(=NCC1(N2CCOCC2)CCCCC1)NCCCN1CCOCC1. The topological polar surface area (TPSA) is 61.4 Å². The van der Waals surface area contributed by atoms with Crippen LogP contribution in [0.3, 0.4) is 0 Å². The minimum atomic E-state index is 0.234. The monoisotopic (exact) mass is 395 g/mol. The first-order valence-electron chi connectivity index (χ1n) is 11.5. The first-order chi connectivity index (χ1) is 13.8. The van der Waals surface area contributed by atoms with Crippen molar-refractivity contribution in [1.29, 1.82) is 0 Å². The van der Waals surface area contributed by atoms with E-state index in [1.165, 1.54) is 32.1 Å². The van der Waals surface area contributed by atoms with Crippen molar-refractivity contribution in [2.45, 2.75) is 51.0 Å². The first-order valence-corrected chi connectivity index (χ1v) is 11.5. The highest BCUT2D eigenvalue weighted by molar-refractivity contribution is 5.79. The van der Waals surface area contributed by atoms with E-state index in [2.05, 4.69) is 27.4 Å². The number of hydrogen-bond donors (Lipinski definition) is 2. The second kappa shape index (κ2) is 12.0. The zero-order chi connectivity index (χ0) is 19.5. The molecule has 2 aliphatic heterocycles. The lowest BCUT2D eigenvalue weighted by Crippen LogP contribution is -2.56. The Hall–Kier alpha value is -0.890. The summed E-state index contributed by atoms with van der Waals surface area (Å²) in [7, 11) is 0. The van der Waals surface area contributed by atoms with Crippen molar-refractivity contribution >= 4 is 5.96 Å². The Morgan fingerprint density at radius 2 is 1.61 bits per heavy atom. The summed E-state index contributed by atoms with van der Waals surface area (Å²) < 4.78 is 11.0. The van der Waals surface area contributed by atoms with Crippen LogP contribution in [0.2, 0.25) is 0 Å². The number of nitrogens with one attached hydrogen (secondary N) is 2. The molecular weight excluding hydrogens is 354 g/mol. The quantitative estimate of drug-likeness (QED) is 0.367. The minimum Gasteiger partial charge on any atom is -0.379 e. The Morgan fingerprint density at radius 1 is 0.929 bits per heavy atom. The molecule has 0 unspecified atom stereocenters. The van der Waals surface area contributed by atoms with Gasteiger partial charge in [-0.2, -0.15) is 0 Å². The second-order valence-corrected chi connectivity index (χ2v) is 8.31. The average Bonchev–Trinajstić information content (AvgIpc) is 2.77. The van der Waals surface area contributed by atoms with Gasteiger partial charge in [0.2, 0.25) is 0 Å². The van der Waals surface area contributed by atoms with Gasteiger partial charge in [-0.15, -0.1) is 0 Å². The van der Waals surface area contributed by atoms with Crippen LogP contribution in [-0.2, 0) is 9.47 Å². The van der Waals surface area contributed by atoms with Gasteiger partial charge in [-0.25, -0.2) is 0 Å². The molecule has 0 amide bonds. The third-order valence-corrected chi connectivity index (χ3v) is 6.39. The molecule has 2 N–H and O–H groups in total. The highest BCUT2D eigenvalue weighted by Crippen LogP contribution is 2.34. The van der Waals surface area contributed by atoms with Crippen molar-refractivity contribution in [3.05, 3.63) is 0 Å². The Bertz CT molecular complexity index is 456. The van der Waals surface area contributed by atoms with Gasteiger partial charge in [-0.05, 0) is 32.7 Å². The number of morpholine rings is 2. The fraction of sp³-hybridized carbons (Fsp3) is 0.952. The summed E-state index contributed by atoms with van der Waals surface area (Å²) in [5.41, 5.74) is 0.234. The van der Waals surface area contributed by atoms with Gasteiger partial charge in [-0.1, -0.05) is 19.3 Å². The Labute approximate surface area is 171 Å². The molecule has 0 bridgehead atoms. The van der Waals surface area contributed by atoms with E-state index < -0.39 is 0 Å². The van der Waals surface area contributed by atoms with Crippen LogP contribution in [0, 0.1) is 0 Å². The van der Waals surface area contributed by atoms with Crippen LogP contribution >= 0.6 is 0 Å². The van der Waals surface area contributed by atoms with Gasteiger partial charge < -0.3 is 20.1 Å². The minimum absolute atomic E-state index is 0.234. The smallest absolute Gasteiger partial charge is 0.191 e. The maximum absolute atomic E-state index is 5.60. The number of rotatable bonds is 8. The van der Waals surface area contributed by atoms with Crippen LogP contribution in [0.15, 0.2) is 4.99 Å². The molecule has 162 valence electrons. The van der Waals surface area contributed by atoms with E-state index in [1.807, 2.05) is 0 Å². The predicted octanol–water partition coefficient (Wildman–Crippen LogP) is 1.30. The molecule has 3 rings (SSSR count). The number of hydrogen-bond acceptors (Lipinski definition) is 5. The maximum atomic E-state index is 5.60. The van der Waals surface area contributed by atoms with Crippen molar-refractivity contribution in [1.82, 2.24) is 20.4 Å². The van der Waals surface area contributed by atoms with Gasteiger partial charge in [0.25, 0.3) is 0 Å². The van der Waals surface area contributed by atoms with Crippen LogP contribution in [0.25, 0.3) is 0 Å². The molecule has 28 heavy (non-hydrogen) atoms. The number of ether oxygens (including phenoxy) is 2. The molecule has 7 nitrogen and oxygen atoms in total. The molecule has 1 saturated carbocycles. The summed E-state index contributed by atoms with van der Waals surface area (Å²) >= 11 is 0. The molecule has 7 heteroatoms. The Balaban J connectivity index is 1.50. The van der Waals surface area contributed by atoms with Crippen molar-refractivity contribution in [3.8, 4) is 0 Å². The molecule has 0 aromatic rings. The lowest BCUT2D eigenvalue weighted by Gasteiger charge is -2.47. The fourth-order valence-corrected chi connectivity index (χ4v) is 4.72. The number of aliphatic imine (C=N–C) groups is 1. The van der Waals surface area contributed by atoms with Gasteiger partial charge in [0, 0.05) is 44.8 Å². The van der Waals surface area contributed by atoms with Crippen LogP contribution in [-0.4, -0.2) is 100 Å². The molecule has 0 spiro atoms. The van der Waals surface area contributed by atoms with Crippen molar-refractivity contribution in [3.63, 3.8) is 0 Å². The van der Waals surface area contributed by atoms with E-state index in [9.17, 15) is 0 Å². The van der Waals surface area contributed by atoms with E-state index in [1.54, 1.807) is 0 Å². The lowest BCUT2D eigenvalue weighted by atomic mass is 9.80. The molecule has 0 radical (unpaired) electrons. The molecular formula is C21H41N5O2. The highest BCUT2D eigenvalue weighted by atomic mass is 16.5. The third-order valence-electron chi connectivity index (χ3n) is 6.39. The molecule has 3 aliphatic rings. The Morgan fingerprint density at radius 3 is 2.29 bits per heavy atom. The highest BCUT2D eigenvalue weighted by Gasteiger charge is 2.38. The summed E-state index contributed by atoms with van der Waals surface area (Å²) in [6.07, 6.45) is 7.71. The van der Waals surface area contributed by atoms with E-state index in [0.717, 1.165) is 91.2 Å². The summed E-state index contributed by atoms with van der Waals surface area (Å²) in [5, 5.41) is 7.00. The van der Waals surface area contributed by atoms with Crippen molar-refractivity contribution in [2.75, 3.05) is 78.8 Å². The average molecular weight is 396 g/mol. The normalized spacial score (nSPS) is 24.8. The zero-order valence-corrected chi connectivity index (χ0v) is 17.9. The maximum Gasteiger partial charge on any atom is 0.191 e. The van der Waals surface area contributed by atoms with Crippen molar-refractivity contribution < 1.29 is 9.47 Å². The van der Waals surface area contributed by atoms with E-state index in [-0.39, 0.29) is 5.54 Å². The molecule has 2 heterocycles. The van der Waals surface area contributed by atoms with Crippen LogP contribution in [0.1, 0.15) is 45.4 Å². The second-order valence-electron chi connectivity index (χ2n) is 8.31. The number of guanidine groups is 1. The molecule has 2 saturated heterocycles. The Kier molecular flexibility index (Phi) is 9.31. The number of nitrogens with zero attached hydrogens (tertiary/aromatic N) is 3. The van der Waals surface area contributed by atoms with E-state index in [4.69, 9.17) is 14.5 Å². The molecule has 0 atom stereocenters. The van der Waals surface area contributed by atoms with Crippen LogP contribution in [0.5, 0.6) is 0 Å². The molecule has 0 aromatic heterocycles. The van der Waals surface area contributed by atoms with Gasteiger partial charge in [-0.3, -0.25) is 14.8 Å². The predicted molar refractivity (Wildman–Crippen MR) is 114 cm³/mol. The summed E-state index contributed by atoms with van der Waals surface area (Å²) in [4.78, 5) is 10.2. The third kappa shape index (κ3) is 6.58. The van der Waals surface area contributed by atoms with Gasteiger partial charge in [0.15, 0.2) is 5.96 Å². The molecule has 1 aliphatic carbocycles. The standard InChI is InChI=1S/C21H41N5O2/c1-2-22-20(23-9-6-10-25-11-15-27-16-12-25)24-19-21(7-4-3-5-8-21)26-13-17-28-18-14-26/h2-19H2,1H3,(H2,22,23,24). The first kappa shape index (κ1) is 21.8. The van der Waals surface area contributed by atoms with Gasteiger partial charge in [0.05, 0.1) is 33.0 Å². The molecule has 3 fully saturated rings. The van der Waals surface area contributed by atoms with Gasteiger partial charge in [0.1, 0.15) is 0 Å². The van der Waals surface area contributed by atoms with Crippen LogP contribution < -0.4 is 10.6 Å². The zero-order valence-electron chi connectivity index (χ0n) is 17.9. The lowest BCUT2D eigenvalue weighted by molar-refractivity contribution is -0.0333. The summed E-state index contributed by atoms with van der Waals surface area (Å²) in [6, 6.07) is 0. The van der Waals surface area contributed by atoms with E-state index in [0.29, 0.717) is 0 Å². The van der Waals surface area contributed by atoms with Crippen LogP contribution in [0.4, 0.5) is 0 Å².